The molecule has 122 valence electrons. The average Bonchev–Trinajstić information content (AvgIpc) is 2.54. The number of hydrogen-bond acceptors (Lipinski definition) is 4. The van der Waals surface area contributed by atoms with Crippen LogP contribution in [0.15, 0.2) is 41.4 Å². The Balaban J connectivity index is 1.99. The number of rotatable bonds is 3. The first-order valence-electron chi connectivity index (χ1n) is 7.49. The summed E-state index contributed by atoms with van der Waals surface area (Å²) >= 11 is 0. The molecule has 0 bridgehead atoms. The van der Waals surface area contributed by atoms with E-state index in [1.54, 1.807) is 30.5 Å². The number of aromatic nitrogens is 1. The van der Waals surface area contributed by atoms with Gasteiger partial charge in [0.15, 0.2) is 0 Å². The normalized spacial score (nSPS) is 23.0. The van der Waals surface area contributed by atoms with Crippen LogP contribution < -0.4 is 0 Å². The lowest BCUT2D eigenvalue weighted by Gasteiger charge is -2.35. The fourth-order valence-electron chi connectivity index (χ4n) is 2.96. The zero-order valence-electron chi connectivity index (χ0n) is 12.7. The van der Waals surface area contributed by atoms with Gasteiger partial charge in [-0.3, -0.25) is 9.78 Å². The van der Waals surface area contributed by atoms with E-state index in [9.17, 15) is 18.3 Å². The molecule has 2 unspecified atom stereocenters. The molecule has 0 amide bonds. The van der Waals surface area contributed by atoms with Crippen LogP contribution >= 0.6 is 0 Å². The number of fused-ring (bicyclic) bond motifs is 1. The number of pyridine rings is 1. The first-order valence-corrected chi connectivity index (χ1v) is 8.93. The quantitative estimate of drug-likeness (QED) is 0.929. The molecule has 1 aliphatic rings. The second-order valence-electron chi connectivity index (χ2n) is 5.89. The highest BCUT2D eigenvalue weighted by Gasteiger charge is 2.37. The van der Waals surface area contributed by atoms with E-state index >= 15 is 0 Å². The van der Waals surface area contributed by atoms with E-state index < -0.39 is 21.9 Å². The Labute approximate surface area is 134 Å². The van der Waals surface area contributed by atoms with Crippen molar-refractivity contribution in [3.8, 4) is 0 Å². The number of aliphatic carboxylic acids is 1. The maximum absolute atomic E-state index is 12.9. The number of piperidine rings is 1. The topological polar surface area (TPSA) is 87.6 Å². The zero-order valence-corrected chi connectivity index (χ0v) is 13.5. The first-order chi connectivity index (χ1) is 10.9. The Kier molecular flexibility index (Phi) is 4.08. The van der Waals surface area contributed by atoms with Crippen LogP contribution in [0.5, 0.6) is 0 Å². The lowest BCUT2D eigenvalue weighted by molar-refractivity contribution is -0.143. The molecule has 1 aromatic carbocycles. The molecule has 0 radical (unpaired) electrons. The third-order valence-electron chi connectivity index (χ3n) is 4.36. The Morgan fingerprint density at radius 2 is 2.09 bits per heavy atom. The minimum Gasteiger partial charge on any atom is -0.481 e. The SMILES string of the molecule is CC1CCC(C(=O)O)CN1S(=O)(=O)c1ccc2ncccc2c1. The van der Waals surface area contributed by atoms with Gasteiger partial charge in [0.1, 0.15) is 0 Å². The lowest BCUT2D eigenvalue weighted by Crippen LogP contribution is -2.47. The summed E-state index contributed by atoms with van der Waals surface area (Å²) in [5, 5.41) is 9.93. The fourth-order valence-corrected chi connectivity index (χ4v) is 4.70. The van der Waals surface area contributed by atoms with Gasteiger partial charge in [-0.15, -0.1) is 0 Å². The third-order valence-corrected chi connectivity index (χ3v) is 6.33. The first kappa shape index (κ1) is 15.9. The molecule has 2 aromatic rings. The van der Waals surface area contributed by atoms with Crippen molar-refractivity contribution in [2.24, 2.45) is 5.92 Å². The van der Waals surface area contributed by atoms with Crippen molar-refractivity contribution in [2.45, 2.75) is 30.7 Å². The van der Waals surface area contributed by atoms with Crippen molar-refractivity contribution in [1.29, 1.82) is 0 Å². The molecule has 2 heterocycles. The molecular formula is C16H18N2O4S. The summed E-state index contributed by atoms with van der Waals surface area (Å²) in [7, 11) is -3.73. The van der Waals surface area contributed by atoms with Gasteiger partial charge in [0.25, 0.3) is 0 Å². The van der Waals surface area contributed by atoms with E-state index in [0.29, 0.717) is 12.8 Å². The van der Waals surface area contributed by atoms with E-state index in [4.69, 9.17) is 0 Å². The van der Waals surface area contributed by atoms with E-state index in [1.165, 1.54) is 10.4 Å². The van der Waals surface area contributed by atoms with Crippen LogP contribution in [-0.4, -0.2) is 41.4 Å². The van der Waals surface area contributed by atoms with Crippen molar-refractivity contribution >= 4 is 26.9 Å². The molecule has 1 N–H and O–H groups in total. The molecule has 1 aliphatic heterocycles. The van der Waals surface area contributed by atoms with Gasteiger partial charge in [0.2, 0.25) is 10.0 Å². The lowest BCUT2D eigenvalue weighted by atomic mass is 9.96. The fraction of sp³-hybridized carbons (Fsp3) is 0.375. The van der Waals surface area contributed by atoms with Crippen LogP contribution in [0, 0.1) is 5.92 Å². The molecule has 3 rings (SSSR count). The van der Waals surface area contributed by atoms with Gasteiger partial charge < -0.3 is 5.11 Å². The van der Waals surface area contributed by atoms with Crippen molar-refractivity contribution in [3.63, 3.8) is 0 Å². The monoisotopic (exact) mass is 334 g/mol. The van der Waals surface area contributed by atoms with Crippen molar-refractivity contribution in [2.75, 3.05) is 6.54 Å². The number of nitrogens with zero attached hydrogens (tertiary/aromatic N) is 2. The molecule has 7 heteroatoms. The average molecular weight is 334 g/mol. The molecule has 23 heavy (non-hydrogen) atoms. The Morgan fingerprint density at radius 3 is 2.83 bits per heavy atom. The second kappa shape index (κ2) is 5.90. The highest BCUT2D eigenvalue weighted by molar-refractivity contribution is 7.89. The predicted molar refractivity (Wildman–Crippen MR) is 85.5 cm³/mol. The van der Waals surface area contributed by atoms with Crippen LogP contribution in [0.3, 0.4) is 0 Å². The van der Waals surface area contributed by atoms with Gasteiger partial charge in [-0.1, -0.05) is 6.07 Å². The maximum atomic E-state index is 12.9. The minimum atomic E-state index is -3.73. The maximum Gasteiger partial charge on any atom is 0.307 e. The molecule has 0 spiro atoms. The summed E-state index contributed by atoms with van der Waals surface area (Å²) in [5.41, 5.74) is 0.724. The number of benzene rings is 1. The summed E-state index contributed by atoms with van der Waals surface area (Å²) in [6.45, 7) is 1.84. The predicted octanol–water partition coefficient (Wildman–Crippen LogP) is 2.11. The number of sulfonamides is 1. The summed E-state index contributed by atoms with van der Waals surface area (Å²) < 4.78 is 27.2. The third kappa shape index (κ3) is 2.94. The number of carboxylic acid groups (broad SMARTS) is 1. The van der Waals surface area contributed by atoms with Crippen LogP contribution in [0.4, 0.5) is 0 Å². The Hall–Kier alpha value is -1.99. The molecular weight excluding hydrogens is 316 g/mol. The van der Waals surface area contributed by atoms with Gasteiger partial charge in [-0.05, 0) is 44.0 Å². The van der Waals surface area contributed by atoms with Crippen molar-refractivity contribution in [3.05, 3.63) is 36.5 Å². The number of hydrogen-bond donors (Lipinski definition) is 1. The molecule has 0 aliphatic carbocycles. The summed E-state index contributed by atoms with van der Waals surface area (Å²) in [6, 6.07) is 8.14. The standard InChI is InChI=1S/C16H18N2O4S/c1-11-4-5-13(16(19)20)10-18(11)23(21,22)14-6-7-15-12(9-14)3-2-8-17-15/h2-3,6-9,11,13H,4-5,10H2,1H3,(H,19,20). The molecule has 1 aromatic heterocycles. The van der Waals surface area contributed by atoms with Gasteiger partial charge in [0, 0.05) is 24.2 Å². The second-order valence-corrected chi connectivity index (χ2v) is 7.78. The molecule has 0 saturated carbocycles. The zero-order chi connectivity index (χ0) is 16.6. The highest BCUT2D eigenvalue weighted by atomic mass is 32.2. The van der Waals surface area contributed by atoms with Crippen molar-refractivity contribution in [1.82, 2.24) is 9.29 Å². The van der Waals surface area contributed by atoms with Crippen LogP contribution in [0.25, 0.3) is 10.9 Å². The van der Waals surface area contributed by atoms with Crippen LogP contribution in [0.1, 0.15) is 19.8 Å². The van der Waals surface area contributed by atoms with Gasteiger partial charge in [-0.25, -0.2) is 8.42 Å². The largest absolute Gasteiger partial charge is 0.481 e. The van der Waals surface area contributed by atoms with Crippen LogP contribution in [0.2, 0.25) is 0 Å². The Bertz CT molecular complexity index is 850. The van der Waals surface area contributed by atoms with Crippen LogP contribution in [-0.2, 0) is 14.8 Å². The van der Waals surface area contributed by atoms with Crippen molar-refractivity contribution < 1.29 is 18.3 Å². The summed E-state index contributed by atoms with van der Waals surface area (Å²) in [6.07, 6.45) is 2.70. The Morgan fingerprint density at radius 1 is 1.30 bits per heavy atom. The minimum absolute atomic E-state index is 0.0178. The summed E-state index contributed by atoms with van der Waals surface area (Å²) in [4.78, 5) is 15.6. The van der Waals surface area contributed by atoms with E-state index in [1.807, 2.05) is 6.92 Å². The van der Waals surface area contributed by atoms with Gasteiger partial charge in [0.05, 0.1) is 16.3 Å². The molecule has 2 atom stereocenters. The molecule has 1 saturated heterocycles. The number of carbonyl (C=O) groups is 1. The van der Waals surface area contributed by atoms with Gasteiger partial charge >= 0.3 is 5.97 Å². The molecule has 1 fully saturated rings. The molecule has 6 nitrogen and oxygen atoms in total. The van der Waals surface area contributed by atoms with E-state index in [0.717, 1.165) is 10.9 Å². The highest BCUT2D eigenvalue weighted by Crippen LogP contribution is 2.29. The van der Waals surface area contributed by atoms with E-state index in [2.05, 4.69) is 4.98 Å². The number of carboxylic acids is 1. The van der Waals surface area contributed by atoms with E-state index in [-0.39, 0.29) is 17.5 Å². The van der Waals surface area contributed by atoms with Gasteiger partial charge in [-0.2, -0.15) is 4.31 Å². The smallest absolute Gasteiger partial charge is 0.307 e. The summed E-state index contributed by atoms with van der Waals surface area (Å²) in [5.74, 6) is -1.59.